The molecule has 0 heteroatoms. The minimum absolute atomic E-state index is 0.565. The quantitative estimate of drug-likeness (QED) is 0.519. The van der Waals surface area contributed by atoms with E-state index in [0.29, 0.717) is 5.41 Å². The van der Waals surface area contributed by atoms with Crippen molar-refractivity contribution in [1.82, 2.24) is 0 Å². The molecule has 0 bridgehead atoms. The molecule has 4 aliphatic carbocycles. The fraction of sp³-hybridized carbons (Fsp3) is 0.765. The lowest BCUT2D eigenvalue weighted by Gasteiger charge is -2.36. The summed E-state index contributed by atoms with van der Waals surface area (Å²) >= 11 is 0. The molecule has 4 unspecified atom stereocenters. The molecule has 17 heavy (non-hydrogen) atoms. The van der Waals surface area contributed by atoms with Gasteiger partial charge in [-0.3, -0.25) is 0 Å². The minimum Gasteiger partial charge on any atom is -0.0877 e. The van der Waals surface area contributed by atoms with Gasteiger partial charge in [-0.2, -0.15) is 0 Å². The molecule has 0 aromatic carbocycles. The fourth-order valence-electron chi connectivity index (χ4n) is 5.51. The van der Waals surface area contributed by atoms with E-state index in [9.17, 15) is 0 Å². The van der Waals surface area contributed by atoms with E-state index >= 15 is 0 Å². The fourth-order valence-corrected chi connectivity index (χ4v) is 5.51. The zero-order valence-electron chi connectivity index (χ0n) is 11.0. The first-order valence-electron chi connectivity index (χ1n) is 7.66. The summed E-state index contributed by atoms with van der Waals surface area (Å²) in [5.41, 5.74) is 4.40. The average molecular weight is 228 g/mol. The predicted octanol–water partition coefficient (Wildman–Crippen LogP) is 4.87. The first-order chi connectivity index (χ1) is 8.28. The molecule has 0 amide bonds. The zero-order chi connectivity index (χ0) is 11.5. The third kappa shape index (κ3) is 1.36. The summed E-state index contributed by atoms with van der Waals surface area (Å²) in [4.78, 5) is 0. The highest BCUT2D eigenvalue weighted by Crippen LogP contribution is 2.62. The van der Waals surface area contributed by atoms with Crippen molar-refractivity contribution in [2.45, 2.75) is 58.3 Å². The molecule has 0 spiro atoms. The van der Waals surface area contributed by atoms with Gasteiger partial charge in [0.15, 0.2) is 0 Å². The molecule has 0 heterocycles. The lowest BCUT2D eigenvalue weighted by atomic mass is 9.69. The normalized spacial score (nSPS) is 47.9. The van der Waals surface area contributed by atoms with Crippen LogP contribution in [0.3, 0.4) is 0 Å². The number of hydrogen-bond donors (Lipinski definition) is 0. The van der Waals surface area contributed by atoms with E-state index < -0.39 is 0 Å². The first kappa shape index (κ1) is 10.4. The summed E-state index contributed by atoms with van der Waals surface area (Å²) in [6, 6.07) is 0. The summed E-state index contributed by atoms with van der Waals surface area (Å²) in [6.07, 6.45) is 16.6. The van der Waals surface area contributed by atoms with E-state index in [-0.39, 0.29) is 0 Å². The van der Waals surface area contributed by atoms with Crippen LogP contribution in [0.1, 0.15) is 58.3 Å². The second-order valence-electron chi connectivity index (χ2n) is 7.10. The Balaban J connectivity index is 1.71. The van der Waals surface area contributed by atoms with Crippen LogP contribution in [0.4, 0.5) is 0 Å². The van der Waals surface area contributed by atoms with E-state index in [0.717, 1.165) is 17.8 Å². The van der Waals surface area contributed by atoms with Gasteiger partial charge < -0.3 is 0 Å². The van der Waals surface area contributed by atoms with Crippen molar-refractivity contribution in [2.75, 3.05) is 0 Å². The summed E-state index contributed by atoms with van der Waals surface area (Å²) in [6.45, 7) is 2.53. The van der Waals surface area contributed by atoms with E-state index in [4.69, 9.17) is 0 Å². The number of rotatable bonds is 0. The van der Waals surface area contributed by atoms with E-state index in [1.807, 2.05) is 11.1 Å². The first-order valence-corrected chi connectivity index (χ1v) is 7.66. The topological polar surface area (TPSA) is 0 Å². The van der Waals surface area contributed by atoms with Gasteiger partial charge >= 0.3 is 0 Å². The molecule has 0 aliphatic heterocycles. The Hall–Kier alpha value is -0.520. The second kappa shape index (κ2) is 3.49. The van der Waals surface area contributed by atoms with Gasteiger partial charge in [-0.1, -0.05) is 30.2 Å². The van der Waals surface area contributed by atoms with Gasteiger partial charge in [0.2, 0.25) is 0 Å². The van der Waals surface area contributed by atoms with Crippen LogP contribution in [0.25, 0.3) is 0 Å². The van der Waals surface area contributed by atoms with Crippen molar-refractivity contribution in [3.05, 3.63) is 23.3 Å². The molecule has 0 aromatic rings. The largest absolute Gasteiger partial charge is 0.0877 e. The third-order valence-electron chi connectivity index (χ3n) is 6.28. The second-order valence-corrected chi connectivity index (χ2v) is 7.10. The zero-order valence-corrected chi connectivity index (χ0v) is 11.0. The van der Waals surface area contributed by atoms with Crippen molar-refractivity contribution in [2.24, 2.45) is 23.2 Å². The Kier molecular flexibility index (Phi) is 2.14. The van der Waals surface area contributed by atoms with Crippen LogP contribution in [0.2, 0.25) is 0 Å². The van der Waals surface area contributed by atoms with E-state index in [2.05, 4.69) is 19.1 Å². The van der Waals surface area contributed by atoms with Gasteiger partial charge in [0.05, 0.1) is 0 Å². The maximum atomic E-state index is 2.55. The highest BCUT2D eigenvalue weighted by atomic mass is 14.6. The highest BCUT2D eigenvalue weighted by molar-refractivity contribution is 5.29. The molecule has 0 nitrogen and oxygen atoms in total. The molecular formula is C17H24. The van der Waals surface area contributed by atoms with Crippen LogP contribution in [-0.2, 0) is 0 Å². The summed E-state index contributed by atoms with van der Waals surface area (Å²) in [7, 11) is 0. The molecule has 0 saturated heterocycles. The van der Waals surface area contributed by atoms with Crippen molar-refractivity contribution in [3.63, 3.8) is 0 Å². The monoisotopic (exact) mass is 228 g/mol. The molecule has 1 fully saturated rings. The summed E-state index contributed by atoms with van der Waals surface area (Å²) in [5.74, 6) is 3.01. The number of hydrogen-bond acceptors (Lipinski definition) is 0. The Bertz CT molecular complexity index is 400. The van der Waals surface area contributed by atoms with E-state index in [1.165, 1.54) is 51.4 Å². The van der Waals surface area contributed by atoms with Crippen LogP contribution in [0.5, 0.6) is 0 Å². The van der Waals surface area contributed by atoms with Gasteiger partial charge in [-0.25, -0.2) is 0 Å². The van der Waals surface area contributed by atoms with Crippen LogP contribution >= 0.6 is 0 Å². The molecule has 0 radical (unpaired) electrons. The molecule has 1 saturated carbocycles. The smallest absolute Gasteiger partial charge is 0.0107 e. The van der Waals surface area contributed by atoms with Crippen molar-refractivity contribution in [3.8, 4) is 0 Å². The minimum atomic E-state index is 0.565. The highest BCUT2D eigenvalue weighted by Gasteiger charge is 2.52. The third-order valence-corrected chi connectivity index (χ3v) is 6.28. The number of fused-ring (bicyclic) bond motifs is 4. The Morgan fingerprint density at radius 3 is 3.00 bits per heavy atom. The van der Waals surface area contributed by atoms with Crippen molar-refractivity contribution in [1.29, 1.82) is 0 Å². The molecule has 92 valence electrons. The lowest BCUT2D eigenvalue weighted by Crippen LogP contribution is -2.24. The maximum Gasteiger partial charge on any atom is -0.0107 e. The molecule has 4 rings (SSSR count). The maximum absolute atomic E-state index is 2.55. The molecule has 0 aromatic heterocycles. The average Bonchev–Trinajstić information content (AvgIpc) is 2.83. The Morgan fingerprint density at radius 2 is 2.06 bits per heavy atom. The van der Waals surface area contributed by atoms with Gasteiger partial charge in [0.1, 0.15) is 0 Å². The Labute approximate surface area is 105 Å². The van der Waals surface area contributed by atoms with Crippen molar-refractivity contribution < 1.29 is 0 Å². The van der Waals surface area contributed by atoms with Gasteiger partial charge in [0, 0.05) is 0 Å². The Morgan fingerprint density at radius 1 is 1.18 bits per heavy atom. The standard InChI is InChI=1S/C17H24/c1-17-10-4-7-16(17)14-9-8-12-5-2-3-6-13(12)15(14)11-17/h4,10,14-16H,2-3,5-9,11H2,1H3. The predicted molar refractivity (Wildman–Crippen MR) is 71.7 cm³/mol. The molecular weight excluding hydrogens is 204 g/mol. The summed E-state index contributed by atoms with van der Waals surface area (Å²) < 4.78 is 0. The molecule has 0 N–H and O–H groups in total. The SMILES string of the molecule is CC12C=CCC1C1CCC3=C(CCCC3)C1C2. The van der Waals surface area contributed by atoms with Crippen LogP contribution in [0, 0.1) is 23.2 Å². The van der Waals surface area contributed by atoms with Crippen LogP contribution in [-0.4, -0.2) is 0 Å². The molecule has 4 aliphatic rings. The van der Waals surface area contributed by atoms with Gasteiger partial charge in [-0.15, -0.1) is 0 Å². The number of allylic oxidation sites excluding steroid dienone is 4. The van der Waals surface area contributed by atoms with Gasteiger partial charge in [-0.05, 0) is 74.5 Å². The van der Waals surface area contributed by atoms with E-state index in [1.54, 1.807) is 0 Å². The van der Waals surface area contributed by atoms with Crippen LogP contribution < -0.4 is 0 Å². The molecule has 4 atom stereocenters. The van der Waals surface area contributed by atoms with Crippen molar-refractivity contribution >= 4 is 0 Å². The summed E-state index contributed by atoms with van der Waals surface area (Å²) in [5, 5.41) is 0. The lowest BCUT2D eigenvalue weighted by molar-refractivity contribution is 0.247. The van der Waals surface area contributed by atoms with Gasteiger partial charge in [0.25, 0.3) is 0 Å². The van der Waals surface area contributed by atoms with Crippen LogP contribution in [0.15, 0.2) is 23.3 Å².